The minimum Gasteiger partial charge on any atom is -0.341 e. The molecular formula is C23H16N2O2. The van der Waals surface area contributed by atoms with E-state index in [1.54, 1.807) is 12.1 Å². The smallest absolute Gasteiger partial charge is 0.269 e. The van der Waals surface area contributed by atoms with Gasteiger partial charge >= 0.3 is 0 Å². The molecule has 1 aliphatic carbocycles. The Balaban J connectivity index is 1.61. The number of nitrogens with zero attached hydrogens (tertiary/aromatic N) is 2. The molecule has 0 amide bonds. The predicted octanol–water partition coefficient (Wildman–Crippen LogP) is 3.22. The van der Waals surface area contributed by atoms with Crippen LogP contribution in [0.4, 0.5) is 5.69 Å². The van der Waals surface area contributed by atoms with Gasteiger partial charge in [-0.3, -0.25) is 10.1 Å². The maximum atomic E-state index is 10.6. The molecular weight excluding hydrogens is 336 g/mol. The minimum absolute atomic E-state index is 0.0372. The lowest BCUT2D eigenvalue weighted by Gasteiger charge is -2.12. The molecule has 0 bridgehead atoms. The van der Waals surface area contributed by atoms with Gasteiger partial charge in [-0.2, -0.15) is 0 Å². The molecule has 0 radical (unpaired) electrons. The molecule has 0 unspecified atom stereocenters. The summed E-state index contributed by atoms with van der Waals surface area (Å²) >= 11 is 0. The second-order valence-electron chi connectivity index (χ2n) is 6.07. The summed E-state index contributed by atoms with van der Waals surface area (Å²) in [6.07, 6.45) is 4.75. The zero-order valence-corrected chi connectivity index (χ0v) is 14.9. The number of nitro benzene ring substituents is 1. The number of rotatable bonds is 1. The molecule has 1 aliphatic rings. The zero-order valence-electron chi connectivity index (χ0n) is 14.9. The van der Waals surface area contributed by atoms with Gasteiger partial charge in [-0.25, -0.2) is 0 Å². The summed E-state index contributed by atoms with van der Waals surface area (Å²) in [6.45, 7) is 0. The van der Waals surface area contributed by atoms with Crippen molar-refractivity contribution in [2.75, 3.05) is 0 Å². The van der Waals surface area contributed by atoms with Crippen LogP contribution in [-0.4, -0.2) is 9.49 Å². The molecule has 1 heterocycles. The first-order valence-corrected chi connectivity index (χ1v) is 8.59. The average Bonchev–Trinajstić information content (AvgIpc) is 3.00. The molecule has 4 heteroatoms. The van der Waals surface area contributed by atoms with Gasteiger partial charge in [-0.05, 0) is 90.9 Å². The Labute approximate surface area is 158 Å². The minimum atomic E-state index is -0.446. The lowest BCUT2D eigenvalue weighted by molar-refractivity contribution is -0.384. The first kappa shape index (κ1) is 17.9. The van der Waals surface area contributed by atoms with E-state index in [4.69, 9.17) is 0 Å². The largest absolute Gasteiger partial charge is 0.341 e. The molecule has 0 saturated carbocycles. The van der Waals surface area contributed by atoms with Gasteiger partial charge in [0.2, 0.25) is 0 Å². The Morgan fingerprint density at radius 3 is 2.22 bits per heavy atom. The van der Waals surface area contributed by atoms with Crippen molar-refractivity contribution in [1.29, 1.82) is 0 Å². The normalized spacial score (nSPS) is 11.1. The van der Waals surface area contributed by atoms with Crippen LogP contribution in [0.15, 0.2) is 30.3 Å². The van der Waals surface area contributed by atoms with Crippen LogP contribution in [-0.2, 0) is 19.9 Å². The van der Waals surface area contributed by atoms with Gasteiger partial charge in [0.15, 0.2) is 0 Å². The third-order valence-corrected chi connectivity index (χ3v) is 4.35. The number of aromatic nitrogens is 1. The summed E-state index contributed by atoms with van der Waals surface area (Å²) in [6, 6.07) is 8.15. The van der Waals surface area contributed by atoms with Crippen molar-refractivity contribution in [3.8, 4) is 47.4 Å². The highest BCUT2D eigenvalue weighted by atomic mass is 16.6. The van der Waals surface area contributed by atoms with Gasteiger partial charge in [-0.15, -0.1) is 0 Å². The second kappa shape index (κ2) is 8.49. The van der Waals surface area contributed by atoms with E-state index in [1.165, 1.54) is 36.2 Å². The maximum Gasteiger partial charge on any atom is 0.269 e. The van der Waals surface area contributed by atoms with E-state index in [1.807, 2.05) is 0 Å². The van der Waals surface area contributed by atoms with Gasteiger partial charge in [0, 0.05) is 30.4 Å². The van der Waals surface area contributed by atoms with E-state index in [-0.39, 0.29) is 5.69 Å². The molecule has 1 aromatic carbocycles. The van der Waals surface area contributed by atoms with Crippen LogP contribution in [0, 0.1) is 57.5 Å². The van der Waals surface area contributed by atoms with Crippen molar-refractivity contribution >= 4 is 5.69 Å². The maximum absolute atomic E-state index is 10.6. The molecule has 0 saturated heterocycles. The van der Waals surface area contributed by atoms with Crippen molar-refractivity contribution in [3.63, 3.8) is 0 Å². The summed E-state index contributed by atoms with van der Waals surface area (Å²) in [5.41, 5.74) is 4.48. The first-order chi connectivity index (χ1) is 13.1. The van der Waals surface area contributed by atoms with E-state index >= 15 is 0 Å². The summed E-state index contributed by atoms with van der Waals surface area (Å²) in [4.78, 5) is 10.1. The second-order valence-corrected chi connectivity index (χ2v) is 6.07. The standard InChI is InChI=1S/C23H16N2O2/c1-24-22(18-20-11-8-9-13-23(20)24)12-7-5-3-2-4-6-10-19-14-16-21(17-15-19)25(26)27/h14-18H,8-9,11,13H2,1H3. The van der Waals surface area contributed by atoms with Gasteiger partial charge in [0.05, 0.1) is 10.6 Å². The van der Waals surface area contributed by atoms with Gasteiger partial charge in [0.1, 0.15) is 0 Å². The Hall–Kier alpha value is -3.86. The fraction of sp³-hybridized carbons (Fsp3) is 0.217. The van der Waals surface area contributed by atoms with E-state index in [9.17, 15) is 10.1 Å². The Morgan fingerprint density at radius 2 is 1.56 bits per heavy atom. The van der Waals surface area contributed by atoms with E-state index in [0.717, 1.165) is 18.5 Å². The van der Waals surface area contributed by atoms with Gasteiger partial charge in [-0.1, -0.05) is 5.92 Å². The Morgan fingerprint density at radius 1 is 0.926 bits per heavy atom. The average molecular weight is 352 g/mol. The SMILES string of the molecule is Cn1c(C#CC#CC#CC#Cc2ccc([N+](=O)[O-])cc2)cc2c1CCCC2. The van der Waals surface area contributed by atoms with Crippen molar-refractivity contribution < 1.29 is 4.92 Å². The zero-order chi connectivity index (χ0) is 19.1. The highest BCUT2D eigenvalue weighted by Gasteiger charge is 2.14. The molecule has 0 fully saturated rings. The van der Waals surface area contributed by atoms with E-state index in [0.29, 0.717) is 5.56 Å². The number of fused-ring (bicyclic) bond motifs is 1. The molecule has 2 aromatic rings. The van der Waals surface area contributed by atoms with Crippen molar-refractivity contribution in [3.05, 3.63) is 63.0 Å². The number of benzene rings is 1. The fourth-order valence-corrected chi connectivity index (χ4v) is 2.97. The predicted molar refractivity (Wildman–Crippen MR) is 104 cm³/mol. The monoisotopic (exact) mass is 352 g/mol. The fourth-order valence-electron chi connectivity index (χ4n) is 2.97. The third kappa shape index (κ3) is 4.61. The quantitative estimate of drug-likeness (QED) is 0.449. The molecule has 0 spiro atoms. The topological polar surface area (TPSA) is 48.1 Å². The van der Waals surface area contributed by atoms with Crippen LogP contribution in [0.2, 0.25) is 0 Å². The Kier molecular flexibility index (Phi) is 5.64. The molecule has 0 N–H and O–H groups in total. The Bertz CT molecular complexity index is 1120. The van der Waals surface area contributed by atoms with Crippen LogP contribution in [0.1, 0.15) is 35.4 Å². The third-order valence-electron chi connectivity index (χ3n) is 4.35. The lowest BCUT2D eigenvalue weighted by atomic mass is 9.98. The summed E-state index contributed by atoms with van der Waals surface area (Å²) in [7, 11) is 2.05. The number of hydrogen-bond donors (Lipinski definition) is 0. The first-order valence-electron chi connectivity index (χ1n) is 8.59. The molecule has 1 aromatic heterocycles. The van der Waals surface area contributed by atoms with Crippen molar-refractivity contribution in [2.24, 2.45) is 7.05 Å². The van der Waals surface area contributed by atoms with Crippen LogP contribution in [0.5, 0.6) is 0 Å². The van der Waals surface area contributed by atoms with Gasteiger partial charge < -0.3 is 4.57 Å². The molecule has 27 heavy (non-hydrogen) atoms. The van der Waals surface area contributed by atoms with Crippen LogP contribution >= 0.6 is 0 Å². The molecule has 0 aliphatic heterocycles. The van der Waals surface area contributed by atoms with E-state index < -0.39 is 4.92 Å². The number of aryl methyl sites for hydroxylation is 1. The summed E-state index contributed by atoms with van der Waals surface area (Å²) < 4.78 is 2.16. The lowest BCUT2D eigenvalue weighted by Crippen LogP contribution is -2.05. The summed E-state index contributed by atoms with van der Waals surface area (Å²) in [5.74, 6) is 22.0. The van der Waals surface area contributed by atoms with Crippen molar-refractivity contribution in [2.45, 2.75) is 25.7 Å². The summed E-state index contributed by atoms with van der Waals surface area (Å²) in [5, 5.41) is 10.6. The number of nitro groups is 1. The number of hydrogen-bond acceptors (Lipinski definition) is 2. The van der Waals surface area contributed by atoms with E-state index in [2.05, 4.69) is 65.0 Å². The molecule has 0 atom stereocenters. The molecule has 4 nitrogen and oxygen atoms in total. The van der Waals surface area contributed by atoms with Crippen LogP contribution < -0.4 is 0 Å². The number of non-ortho nitro benzene ring substituents is 1. The van der Waals surface area contributed by atoms with Gasteiger partial charge in [0.25, 0.3) is 5.69 Å². The molecule has 130 valence electrons. The van der Waals surface area contributed by atoms with Crippen molar-refractivity contribution in [1.82, 2.24) is 4.57 Å². The highest BCUT2D eigenvalue weighted by molar-refractivity contribution is 5.47. The molecule has 3 rings (SSSR count). The highest BCUT2D eigenvalue weighted by Crippen LogP contribution is 2.23. The van der Waals surface area contributed by atoms with Crippen LogP contribution in [0.25, 0.3) is 0 Å². The van der Waals surface area contributed by atoms with Crippen LogP contribution in [0.3, 0.4) is 0 Å².